The first kappa shape index (κ1) is 26.5. The minimum Gasteiger partial charge on any atom is -0.341 e. The fourth-order valence-electron chi connectivity index (χ4n) is 4.94. The van der Waals surface area contributed by atoms with Crippen molar-refractivity contribution in [1.82, 2.24) is 14.9 Å². The average Bonchev–Trinajstić information content (AvgIpc) is 3.54. The third-order valence-corrected chi connectivity index (χ3v) is 7.08. The molecule has 206 valence electrons. The van der Waals surface area contributed by atoms with Crippen LogP contribution < -0.4 is 10.6 Å². The molecule has 6 nitrogen and oxygen atoms in total. The van der Waals surface area contributed by atoms with Crippen LogP contribution in [-0.4, -0.2) is 21.4 Å². The molecule has 0 bridgehead atoms. The molecule has 6 rings (SSSR count). The first-order valence-corrected chi connectivity index (χ1v) is 12.4. The molecule has 12 heteroatoms. The number of carbonyl (C=O) groups is 2. The Morgan fingerprint density at radius 1 is 0.976 bits per heavy atom. The zero-order valence-electron chi connectivity index (χ0n) is 20.6. The molecular formula is C29H16ClF5N4O2. The van der Waals surface area contributed by atoms with Crippen molar-refractivity contribution in [3.05, 3.63) is 124 Å². The van der Waals surface area contributed by atoms with Gasteiger partial charge < -0.3 is 10.6 Å². The van der Waals surface area contributed by atoms with Gasteiger partial charge in [-0.25, -0.2) is 13.3 Å². The van der Waals surface area contributed by atoms with E-state index in [-0.39, 0.29) is 33.5 Å². The molecule has 1 aliphatic rings. The maximum absolute atomic E-state index is 14.2. The third kappa shape index (κ3) is 4.78. The van der Waals surface area contributed by atoms with Crippen molar-refractivity contribution in [3.63, 3.8) is 0 Å². The highest BCUT2D eigenvalue weighted by molar-refractivity contribution is 6.31. The molecular weight excluding hydrogens is 567 g/mol. The number of nitrogens with one attached hydrogen (secondary N) is 2. The summed E-state index contributed by atoms with van der Waals surface area (Å²) in [4.78, 5) is 26.5. The van der Waals surface area contributed by atoms with Crippen molar-refractivity contribution in [2.24, 2.45) is 0 Å². The van der Waals surface area contributed by atoms with Crippen molar-refractivity contribution in [1.29, 1.82) is 0 Å². The lowest BCUT2D eigenvalue weighted by Gasteiger charge is -2.19. The number of rotatable bonds is 4. The molecule has 0 radical (unpaired) electrons. The van der Waals surface area contributed by atoms with Crippen LogP contribution in [0.3, 0.4) is 0 Å². The van der Waals surface area contributed by atoms with Gasteiger partial charge >= 0.3 is 6.18 Å². The topological polar surface area (TPSA) is 75.5 Å². The van der Waals surface area contributed by atoms with E-state index >= 15 is 0 Å². The van der Waals surface area contributed by atoms with E-state index in [1.54, 1.807) is 41.2 Å². The lowest BCUT2D eigenvalue weighted by atomic mass is 9.92. The number of benzene rings is 3. The van der Waals surface area contributed by atoms with Crippen LogP contribution in [0.2, 0.25) is 5.02 Å². The number of hydrogen-bond acceptors (Lipinski definition) is 3. The summed E-state index contributed by atoms with van der Waals surface area (Å²) in [5, 5.41) is 9.62. The van der Waals surface area contributed by atoms with Crippen LogP contribution >= 0.6 is 11.6 Å². The van der Waals surface area contributed by atoms with E-state index in [0.29, 0.717) is 28.8 Å². The summed E-state index contributed by atoms with van der Waals surface area (Å²) in [7, 11) is 0. The summed E-state index contributed by atoms with van der Waals surface area (Å²) in [5.41, 5.74) is 0.424. The summed E-state index contributed by atoms with van der Waals surface area (Å²) in [6, 6.07) is 12.4. The van der Waals surface area contributed by atoms with E-state index in [1.807, 2.05) is 0 Å². The average molecular weight is 583 g/mol. The number of pyridine rings is 1. The fraction of sp³-hybridized carbons (Fsp3) is 0.0690. The standard InChI is InChI=1S/C29H16ClF5N4O2/c30-22-4-3-17(31)13-20(22)26-25-21(28(41)38-26)10-14(19-2-1-7-39-24(19)5-6-36-39)11-23(25)37-27(40)15-8-16(29(33,34)35)12-18(32)9-15/h1-13,26H,(H,37,40)(H,38,41). The van der Waals surface area contributed by atoms with Gasteiger partial charge in [-0.2, -0.15) is 18.3 Å². The quantitative estimate of drug-likeness (QED) is 0.223. The maximum atomic E-state index is 14.2. The van der Waals surface area contributed by atoms with Gasteiger partial charge in [0.15, 0.2) is 0 Å². The number of hydrogen-bond donors (Lipinski definition) is 2. The number of alkyl halides is 3. The minimum atomic E-state index is -4.89. The van der Waals surface area contributed by atoms with Gasteiger partial charge in [0.05, 0.1) is 17.1 Å². The molecule has 0 fully saturated rings. The van der Waals surface area contributed by atoms with Crippen LogP contribution in [-0.2, 0) is 6.18 Å². The Kier molecular flexibility index (Phi) is 6.26. The normalized spacial score (nSPS) is 14.7. The molecule has 2 aromatic heterocycles. The zero-order valence-corrected chi connectivity index (χ0v) is 21.3. The Morgan fingerprint density at radius 3 is 2.56 bits per heavy atom. The molecule has 0 saturated heterocycles. The highest BCUT2D eigenvalue weighted by Gasteiger charge is 2.36. The number of anilines is 1. The van der Waals surface area contributed by atoms with E-state index in [1.165, 1.54) is 12.1 Å². The van der Waals surface area contributed by atoms with Gasteiger partial charge in [-0.05, 0) is 66.2 Å². The van der Waals surface area contributed by atoms with E-state index in [0.717, 1.165) is 12.1 Å². The number of carbonyl (C=O) groups excluding carboxylic acids is 2. The van der Waals surface area contributed by atoms with E-state index < -0.39 is 46.8 Å². The van der Waals surface area contributed by atoms with Gasteiger partial charge in [-0.1, -0.05) is 17.7 Å². The molecule has 1 unspecified atom stereocenters. The smallest absolute Gasteiger partial charge is 0.341 e. The maximum Gasteiger partial charge on any atom is 0.416 e. The van der Waals surface area contributed by atoms with Gasteiger partial charge in [-0.15, -0.1) is 0 Å². The summed E-state index contributed by atoms with van der Waals surface area (Å²) >= 11 is 6.34. The van der Waals surface area contributed by atoms with Crippen molar-refractivity contribution in [2.45, 2.75) is 12.2 Å². The van der Waals surface area contributed by atoms with Crippen LogP contribution in [0.25, 0.3) is 16.6 Å². The van der Waals surface area contributed by atoms with Crippen LogP contribution in [0.4, 0.5) is 27.6 Å². The summed E-state index contributed by atoms with van der Waals surface area (Å²) in [5.74, 6) is -3.48. The lowest BCUT2D eigenvalue weighted by molar-refractivity contribution is -0.137. The molecule has 0 saturated carbocycles. The lowest BCUT2D eigenvalue weighted by Crippen LogP contribution is -2.21. The molecule has 3 heterocycles. The monoisotopic (exact) mass is 582 g/mol. The van der Waals surface area contributed by atoms with Gasteiger partial charge in [0.25, 0.3) is 11.8 Å². The Bertz CT molecular complexity index is 1890. The summed E-state index contributed by atoms with van der Waals surface area (Å²) < 4.78 is 69.9. The van der Waals surface area contributed by atoms with Crippen molar-refractivity contribution < 1.29 is 31.5 Å². The Labute approximate surface area is 233 Å². The Balaban J connectivity index is 1.53. The molecule has 2 N–H and O–H groups in total. The second kappa shape index (κ2) is 9.70. The number of halogens is 6. The molecule has 5 aromatic rings. The fourth-order valence-corrected chi connectivity index (χ4v) is 5.16. The van der Waals surface area contributed by atoms with E-state index in [9.17, 15) is 31.5 Å². The van der Waals surface area contributed by atoms with Gasteiger partial charge in [0.1, 0.15) is 11.6 Å². The van der Waals surface area contributed by atoms with Crippen molar-refractivity contribution in [3.8, 4) is 11.1 Å². The zero-order chi connectivity index (χ0) is 29.1. The predicted molar refractivity (Wildman–Crippen MR) is 141 cm³/mol. The number of nitrogens with zero attached hydrogens (tertiary/aromatic N) is 2. The highest BCUT2D eigenvalue weighted by atomic mass is 35.5. The van der Waals surface area contributed by atoms with Gasteiger partial charge in [0, 0.05) is 50.9 Å². The van der Waals surface area contributed by atoms with E-state index in [2.05, 4.69) is 15.7 Å². The molecule has 0 aliphatic carbocycles. The highest BCUT2D eigenvalue weighted by Crippen LogP contribution is 2.42. The molecule has 0 spiro atoms. The molecule has 3 aromatic carbocycles. The first-order valence-electron chi connectivity index (χ1n) is 12.1. The SMILES string of the molecule is O=C(Nc1cc(-c2cccn3nccc23)cc2c1C(c1cc(F)ccc1Cl)NC2=O)c1cc(F)cc(C(F)(F)F)c1. The predicted octanol–water partition coefficient (Wildman–Crippen LogP) is 7.04. The summed E-state index contributed by atoms with van der Waals surface area (Å²) in [6.07, 6.45) is -1.60. The van der Waals surface area contributed by atoms with Crippen molar-refractivity contribution in [2.75, 3.05) is 5.32 Å². The molecule has 1 atom stereocenters. The van der Waals surface area contributed by atoms with Crippen LogP contribution in [0.5, 0.6) is 0 Å². The molecule has 41 heavy (non-hydrogen) atoms. The first-order chi connectivity index (χ1) is 19.5. The number of aromatic nitrogens is 2. The van der Waals surface area contributed by atoms with Gasteiger partial charge in [-0.3, -0.25) is 9.59 Å². The van der Waals surface area contributed by atoms with Crippen LogP contribution in [0, 0.1) is 11.6 Å². The van der Waals surface area contributed by atoms with Gasteiger partial charge in [0.2, 0.25) is 0 Å². The third-order valence-electron chi connectivity index (χ3n) is 6.74. The number of fused-ring (bicyclic) bond motifs is 2. The summed E-state index contributed by atoms with van der Waals surface area (Å²) in [6.45, 7) is 0. The largest absolute Gasteiger partial charge is 0.416 e. The van der Waals surface area contributed by atoms with Crippen LogP contribution in [0.15, 0.2) is 79.1 Å². The second-order valence-corrected chi connectivity index (χ2v) is 9.73. The van der Waals surface area contributed by atoms with Crippen molar-refractivity contribution >= 4 is 34.6 Å². The Morgan fingerprint density at radius 2 is 1.78 bits per heavy atom. The van der Waals surface area contributed by atoms with Crippen LogP contribution in [0.1, 0.15) is 43.4 Å². The molecule has 2 amide bonds. The Hall–Kier alpha value is -4.77. The molecule has 1 aliphatic heterocycles. The minimum absolute atomic E-state index is 0.0329. The number of amides is 2. The van der Waals surface area contributed by atoms with E-state index in [4.69, 9.17) is 11.6 Å². The second-order valence-electron chi connectivity index (χ2n) is 9.32.